The quantitative estimate of drug-likeness (QED) is 0.472. The summed E-state index contributed by atoms with van der Waals surface area (Å²) < 4.78 is 11.0. The topological polar surface area (TPSA) is 89.5 Å². The Kier molecular flexibility index (Phi) is 8.97. The van der Waals surface area contributed by atoms with Crippen LogP contribution < -0.4 is 15.4 Å². The number of hydrogen-bond donors (Lipinski definition) is 2. The molecule has 3 aromatic rings. The van der Waals surface area contributed by atoms with Crippen LogP contribution in [0.2, 0.25) is 0 Å². The Morgan fingerprint density at radius 3 is 2.52 bits per heavy atom. The molecule has 2 aromatic carbocycles. The minimum Gasteiger partial charge on any atom is -0.496 e. The van der Waals surface area contributed by atoms with Gasteiger partial charge in [0.25, 0.3) is 5.91 Å². The van der Waals surface area contributed by atoms with Gasteiger partial charge in [-0.2, -0.15) is 0 Å². The second kappa shape index (κ2) is 12.4. The van der Waals surface area contributed by atoms with Crippen LogP contribution in [0.1, 0.15) is 27.2 Å². The van der Waals surface area contributed by atoms with Gasteiger partial charge in [0, 0.05) is 30.4 Å². The molecule has 1 aromatic heterocycles. The lowest BCUT2D eigenvalue weighted by molar-refractivity contribution is -0.124. The van der Waals surface area contributed by atoms with Crippen LogP contribution in [-0.2, 0) is 22.6 Å². The van der Waals surface area contributed by atoms with Crippen molar-refractivity contribution in [2.45, 2.75) is 26.0 Å². The van der Waals surface area contributed by atoms with Crippen LogP contribution in [0.15, 0.2) is 72.9 Å². The molecule has 0 radical (unpaired) electrons. The first-order chi connectivity index (χ1) is 16.1. The fourth-order valence-corrected chi connectivity index (χ4v) is 3.30. The predicted molar refractivity (Wildman–Crippen MR) is 126 cm³/mol. The normalized spacial score (nSPS) is 11.5. The van der Waals surface area contributed by atoms with Gasteiger partial charge < -0.3 is 20.1 Å². The molecule has 1 atom stereocenters. The number of rotatable bonds is 11. The van der Waals surface area contributed by atoms with E-state index >= 15 is 0 Å². The van der Waals surface area contributed by atoms with Crippen molar-refractivity contribution in [3.05, 3.63) is 95.3 Å². The summed E-state index contributed by atoms with van der Waals surface area (Å²) in [6.45, 7) is 2.66. The number of aromatic nitrogens is 1. The van der Waals surface area contributed by atoms with Crippen LogP contribution in [0.5, 0.6) is 5.75 Å². The SMILES string of the molecule is COc1ccc(C(=O)NC(COCc2ccccc2)C(=O)NCCc2ccccn2)cc1C. The van der Waals surface area contributed by atoms with Crippen molar-refractivity contribution in [3.63, 3.8) is 0 Å². The lowest BCUT2D eigenvalue weighted by Gasteiger charge is -2.19. The Bertz CT molecular complexity index is 1040. The number of nitrogens with one attached hydrogen (secondary N) is 2. The lowest BCUT2D eigenvalue weighted by Crippen LogP contribution is -2.49. The smallest absolute Gasteiger partial charge is 0.252 e. The van der Waals surface area contributed by atoms with Gasteiger partial charge in [-0.3, -0.25) is 14.6 Å². The minimum atomic E-state index is -0.840. The Morgan fingerprint density at radius 1 is 1.03 bits per heavy atom. The fourth-order valence-electron chi connectivity index (χ4n) is 3.30. The van der Waals surface area contributed by atoms with Gasteiger partial charge in [0.1, 0.15) is 11.8 Å². The number of ether oxygens (including phenoxy) is 2. The molecule has 0 saturated carbocycles. The third-order valence-electron chi connectivity index (χ3n) is 5.08. The number of methoxy groups -OCH3 is 1. The molecular weight excluding hydrogens is 418 g/mol. The summed E-state index contributed by atoms with van der Waals surface area (Å²) in [6, 6.07) is 19.6. The molecule has 0 bridgehead atoms. The van der Waals surface area contributed by atoms with Gasteiger partial charge in [0.15, 0.2) is 0 Å². The molecular formula is C26H29N3O4. The largest absolute Gasteiger partial charge is 0.496 e. The van der Waals surface area contributed by atoms with E-state index in [2.05, 4.69) is 15.6 Å². The molecule has 1 heterocycles. The summed E-state index contributed by atoms with van der Waals surface area (Å²) >= 11 is 0. The molecule has 3 rings (SSSR count). The average Bonchev–Trinajstić information content (AvgIpc) is 2.84. The molecule has 0 spiro atoms. The van der Waals surface area contributed by atoms with E-state index in [9.17, 15) is 9.59 Å². The summed E-state index contributed by atoms with van der Waals surface area (Å²) in [4.78, 5) is 30.0. The Morgan fingerprint density at radius 2 is 1.82 bits per heavy atom. The van der Waals surface area contributed by atoms with E-state index < -0.39 is 6.04 Å². The Balaban J connectivity index is 1.62. The molecule has 0 aliphatic heterocycles. The van der Waals surface area contributed by atoms with Crippen molar-refractivity contribution in [1.29, 1.82) is 0 Å². The number of carbonyl (C=O) groups excluding carboxylic acids is 2. The van der Waals surface area contributed by atoms with Crippen molar-refractivity contribution in [1.82, 2.24) is 15.6 Å². The summed E-state index contributed by atoms with van der Waals surface area (Å²) in [5, 5.41) is 5.67. The van der Waals surface area contributed by atoms with E-state index in [-0.39, 0.29) is 18.4 Å². The number of carbonyl (C=O) groups is 2. The monoisotopic (exact) mass is 447 g/mol. The number of pyridine rings is 1. The molecule has 0 fully saturated rings. The van der Waals surface area contributed by atoms with Crippen LogP contribution in [0, 0.1) is 6.92 Å². The molecule has 0 aliphatic carbocycles. The number of nitrogens with zero attached hydrogens (tertiary/aromatic N) is 1. The van der Waals surface area contributed by atoms with Crippen molar-refractivity contribution in [3.8, 4) is 5.75 Å². The molecule has 0 aliphatic rings. The third-order valence-corrected chi connectivity index (χ3v) is 5.08. The summed E-state index contributed by atoms with van der Waals surface area (Å²) in [6.07, 6.45) is 2.31. The van der Waals surface area contributed by atoms with E-state index in [1.165, 1.54) is 0 Å². The third kappa shape index (κ3) is 7.43. The first-order valence-corrected chi connectivity index (χ1v) is 10.8. The van der Waals surface area contributed by atoms with Crippen LogP contribution in [0.25, 0.3) is 0 Å². The van der Waals surface area contributed by atoms with Crippen LogP contribution in [0.4, 0.5) is 0 Å². The predicted octanol–water partition coefficient (Wildman–Crippen LogP) is 3.07. The van der Waals surface area contributed by atoms with Crippen LogP contribution in [0.3, 0.4) is 0 Å². The molecule has 7 heteroatoms. The van der Waals surface area contributed by atoms with E-state index in [0.29, 0.717) is 30.9 Å². The fraction of sp³-hybridized carbons (Fsp3) is 0.269. The standard InChI is InChI=1S/C26H29N3O4/c1-19-16-21(11-12-24(19)32-2)25(30)29-23(18-33-17-20-8-4-3-5-9-20)26(31)28-15-13-22-10-6-7-14-27-22/h3-12,14,16,23H,13,15,17-18H2,1-2H3,(H,28,31)(H,29,30). The number of hydrogen-bond acceptors (Lipinski definition) is 5. The summed E-state index contributed by atoms with van der Waals surface area (Å²) in [5.74, 6) is 0.0353. The zero-order valence-electron chi connectivity index (χ0n) is 18.9. The number of aryl methyl sites for hydroxylation is 1. The van der Waals surface area contributed by atoms with Crippen LogP contribution in [-0.4, -0.2) is 43.1 Å². The van der Waals surface area contributed by atoms with Gasteiger partial charge >= 0.3 is 0 Å². The first-order valence-electron chi connectivity index (χ1n) is 10.8. The number of benzene rings is 2. The van der Waals surface area contributed by atoms with Crippen molar-refractivity contribution in [2.75, 3.05) is 20.3 Å². The maximum atomic E-state index is 12.9. The van der Waals surface area contributed by atoms with Crippen molar-refractivity contribution >= 4 is 11.8 Å². The highest BCUT2D eigenvalue weighted by Gasteiger charge is 2.22. The highest BCUT2D eigenvalue weighted by atomic mass is 16.5. The molecule has 1 unspecified atom stereocenters. The van der Waals surface area contributed by atoms with Gasteiger partial charge in [0.05, 0.1) is 20.3 Å². The average molecular weight is 448 g/mol. The van der Waals surface area contributed by atoms with Gasteiger partial charge in [-0.25, -0.2) is 0 Å². The molecule has 2 N–H and O–H groups in total. The first kappa shape index (κ1) is 23.9. The van der Waals surface area contributed by atoms with Gasteiger partial charge in [-0.1, -0.05) is 36.4 Å². The van der Waals surface area contributed by atoms with Gasteiger partial charge in [0.2, 0.25) is 5.91 Å². The molecule has 0 saturated heterocycles. The zero-order valence-corrected chi connectivity index (χ0v) is 18.9. The van der Waals surface area contributed by atoms with Gasteiger partial charge in [-0.15, -0.1) is 0 Å². The zero-order chi connectivity index (χ0) is 23.5. The van der Waals surface area contributed by atoms with Gasteiger partial charge in [-0.05, 0) is 48.4 Å². The minimum absolute atomic E-state index is 0.0468. The highest BCUT2D eigenvalue weighted by Crippen LogP contribution is 2.18. The second-order valence-corrected chi connectivity index (χ2v) is 7.57. The highest BCUT2D eigenvalue weighted by molar-refractivity contribution is 5.97. The van der Waals surface area contributed by atoms with E-state index in [1.807, 2.05) is 55.5 Å². The Labute approximate surface area is 194 Å². The lowest BCUT2D eigenvalue weighted by atomic mass is 10.1. The summed E-state index contributed by atoms with van der Waals surface area (Å²) in [7, 11) is 1.58. The molecule has 33 heavy (non-hydrogen) atoms. The maximum Gasteiger partial charge on any atom is 0.252 e. The number of amides is 2. The van der Waals surface area contributed by atoms with Crippen LogP contribution >= 0.6 is 0 Å². The maximum absolute atomic E-state index is 12.9. The second-order valence-electron chi connectivity index (χ2n) is 7.57. The molecule has 172 valence electrons. The molecule has 7 nitrogen and oxygen atoms in total. The van der Waals surface area contributed by atoms with Crippen molar-refractivity contribution in [2.24, 2.45) is 0 Å². The Hall–Kier alpha value is -3.71. The summed E-state index contributed by atoms with van der Waals surface area (Å²) in [5.41, 5.74) is 3.15. The van der Waals surface area contributed by atoms with E-state index in [1.54, 1.807) is 31.5 Å². The molecule has 2 amide bonds. The van der Waals surface area contributed by atoms with Crippen molar-refractivity contribution < 1.29 is 19.1 Å². The van der Waals surface area contributed by atoms with E-state index in [4.69, 9.17) is 9.47 Å². The van der Waals surface area contributed by atoms with E-state index in [0.717, 1.165) is 16.8 Å².